The van der Waals surface area contributed by atoms with Crippen LogP contribution in [0.1, 0.15) is 13.8 Å². The Kier molecular flexibility index (Phi) is 1.82. The first-order valence-electron chi connectivity index (χ1n) is 4.62. The topological polar surface area (TPSA) is 46.5 Å². The molecule has 1 saturated heterocycles. The van der Waals surface area contributed by atoms with Crippen LogP contribution in [-0.4, -0.2) is 29.2 Å². The number of ketones is 1. The molecule has 2 bridgehead atoms. The predicted molar refractivity (Wildman–Crippen MR) is 47.2 cm³/mol. The maximum absolute atomic E-state index is 11.7. The van der Waals surface area contributed by atoms with Crippen LogP contribution < -0.4 is 0 Å². The van der Waals surface area contributed by atoms with Gasteiger partial charge in [-0.2, -0.15) is 0 Å². The Labute approximate surface area is 77.4 Å². The van der Waals surface area contributed by atoms with Crippen molar-refractivity contribution in [2.24, 2.45) is 11.8 Å². The van der Waals surface area contributed by atoms with Crippen molar-refractivity contribution in [1.29, 1.82) is 0 Å². The standard InChI is InChI=1S/C10H14O3/c1-6-8-3-4-10(5-11,13-8)7(2)9(6)12/h3-4,6-8,11H,5H2,1-2H3/t6-,7-,8+,10+/m1/s1. The minimum atomic E-state index is -0.728. The van der Waals surface area contributed by atoms with Gasteiger partial charge in [0.1, 0.15) is 11.4 Å². The Balaban J connectivity index is 2.36. The van der Waals surface area contributed by atoms with Crippen LogP contribution in [0.2, 0.25) is 0 Å². The molecule has 1 fully saturated rings. The van der Waals surface area contributed by atoms with Crippen LogP contribution >= 0.6 is 0 Å². The van der Waals surface area contributed by atoms with Crippen LogP contribution in [0.3, 0.4) is 0 Å². The molecule has 0 aromatic carbocycles. The van der Waals surface area contributed by atoms with Crippen molar-refractivity contribution in [3.63, 3.8) is 0 Å². The monoisotopic (exact) mass is 182 g/mol. The zero-order valence-corrected chi connectivity index (χ0v) is 7.86. The molecule has 0 aliphatic carbocycles. The van der Waals surface area contributed by atoms with Gasteiger partial charge in [0, 0.05) is 5.92 Å². The van der Waals surface area contributed by atoms with Gasteiger partial charge in [0.05, 0.1) is 18.6 Å². The van der Waals surface area contributed by atoms with Gasteiger partial charge in [-0.15, -0.1) is 0 Å². The van der Waals surface area contributed by atoms with Crippen LogP contribution in [0.25, 0.3) is 0 Å². The molecule has 0 aromatic rings. The second-order valence-corrected chi connectivity index (χ2v) is 3.97. The van der Waals surface area contributed by atoms with Crippen LogP contribution in [-0.2, 0) is 9.53 Å². The van der Waals surface area contributed by atoms with E-state index >= 15 is 0 Å². The SMILES string of the molecule is C[C@@H]1C(=O)[C@H](C)[C@@H]2C=C[C@@]1(CO)O2. The second-order valence-electron chi connectivity index (χ2n) is 3.97. The summed E-state index contributed by atoms with van der Waals surface area (Å²) in [4.78, 5) is 11.7. The van der Waals surface area contributed by atoms with Crippen molar-refractivity contribution in [2.45, 2.75) is 25.6 Å². The van der Waals surface area contributed by atoms with Crippen LogP contribution in [0.5, 0.6) is 0 Å². The number of ether oxygens (including phenoxy) is 1. The molecule has 3 heteroatoms. The lowest BCUT2D eigenvalue weighted by Crippen LogP contribution is -2.52. The highest BCUT2D eigenvalue weighted by atomic mass is 16.5. The molecule has 2 heterocycles. The molecule has 0 saturated carbocycles. The summed E-state index contributed by atoms with van der Waals surface area (Å²) in [5.41, 5.74) is -0.728. The molecule has 0 radical (unpaired) electrons. The van der Waals surface area contributed by atoms with Crippen LogP contribution in [0, 0.1) is 11.8 Å². The number of aliphatic hydroxyl groups is 1. The van der Waals surface area contributed by atoms with Crippen molar-refractivity contribution in [1.82, 2.24) is 0 Å². The number of fused-ring (bicyclic) bond motifs is 2. The smallest absolute Gasteiger partial charge is 0.144 e. The zero-order chi connectivity index (χ0) is 9.64. The molecule has 0 unspecified atom stereocenters. The average molecular weight is 182 g/mol. The lowest BCUT2D eigenvalue weighted by atomic mass is 9.80. The fraction of sp³-hybridized carbons (Fsp3) is 0.700. The van der Waals surface area contributed by atoms with Gasteiger partial charge in [0.25, 0.3) is 0 Å². The first-order valence-corrected chi connectivity index (χ1v) is 4.62. The highest BCUT2D eigenvalue weighted by Crippen LogP contribution is 2.40. The molecule has 0 amide bonds. The molecule has 2 aliphatic heterocycles. The Morgan fingerprint density at radius 1 is 1.62 bits per heavy atom. The summed E-state index contributed by atoms with van der Waals surface area (Å²) < 4.78 is 5.65. The van der Waals surface area contributed by atoms with E-state index in [4.69, 9.17) is 4.74 Å². The quantitative estimate of drug-likeness (QED) is 0.602. The van der Waals surface area contributed by atoms with E-state index in [1.165, 1.54) is 0 Å². The molecule has 2 rings (SSSR count). The molecule has 2 aliphatic rings. The lowest BCUT2D eigenvalue weighted by Gasteiger charge is -2.39. The predicted octanol–water partition coefficient (Wildman–Crippen LogP) is 0.527. The fourth-order valence-corrected chi connectivity index (χ4v) is 2.13. The lowest BCUT2D eigenvalue weighted by molar-refractivity contribution is -0.165. The van der Waals surface area contributed by atoms with Crippen molar-refractivity contribution in [3.8, 4) is 0 Å². The third-order valence-electron chi connectivity index (χ3n) is 3.27. The Morgan fingerprint density at radius 3 is 2.92 bits per heavy atom. The van der Waals surface area contributed by atoms with Gasteiger partial charge in [-0.1, -0.05) is 26.0 Å². The average Bonchev–Trinajstić information content (AvgIpc) is 2.55. The van der Waals surface area contributed by atoms with Gasteiger partial charge >= 0.3 is 0 Å². The number of carbonyl (C=O) groups is 1. The Hall–Kier alpha value is -0.670. The Morgan fingerprint density at radius 2 is 2.31 bits per heavy atom. The van der Waals surface area contributed by atoms with E-state index in [0.717, 1.165) is 0 Å². The van der Waals surface area contributed by atoms with E-state index in [0.29, 0.717) is 0 Å². The minimum Gasteiger partial charge on any atom is -0.393 e. The summed E-state index contributed by atoms with van der Waals surface area (Å²) in [7, 11) is 0. The second kappa shape index (κ2) is 2.66. The number of hydrogen-bond donors (Lipinski definition) is 1. The van der Waals surface area contributed by atoms with Crippen molar-refractivity contribution >= 4 is 5.78 Å². The normalized spacial score (nSPS) is 48.5. The van der Waals surface area contributed by atoms with Crippen molar-refractivity contribution in [3.05, 3.63) is 12.2 Å². The van der Waals surface area contributed by atoms with Crippen LogP contribution in [0.15, 0.2) is 12.2 Å². The van der Waals surface area contributed by atoms with Gasteiger partial charge in [-0.25, -0.2) is 0 Å². The Bertz CT molecular complexity index is 271. The molecule has 0 aromatic heterocycles. The minimum absolute atomic E-state index is 0.0755. The summed E-state index contributed by atoms with van der Waals surface area (Å²) in [6.45, 7) is 3.58. The number of aliphatic hydroxyl groups excluding tert-OH is 1. The van der Waals surface area contributed by atoms with Crippen LogP contribution in [0.4, 0.5) is 0 Å². The van der Waals surface area contributed by atoms with Gasteiger partial charge in [-0.3, -0.25) is 4.79 Å². The van der Waals surface area contributed by atoms with Gasteiger partial charge in [-0.05, 0) is 0 Å². The summed E-state index contributed by atoms with van der Waals surface area (Å²) >= 11 is 0. The van der Waals surface area contributed by atoms with E-state index in [1.807, 2.05) is 26.0 Å². The third-order valence-corrected chi connectivity index (χ3v) is 3.27. The highest BCUT2D eigenvalue weighted by molar-refractivity contribution is 5.86. The van der Waals surface area contributed by atoms with Crippen molar-refractivity contribution in [2.75, 3.05) is 6.61 Å². The first-order chi connectivity index (χ1) is 6.10. The number of hydrogen-bond acceptors (Lipinski definition) is 3. The van der Waals surface area contributed by atoms with Crippen molar-refractivity contribution < 1.29 is 14.6 Å². The summed E-state index contributed by atoms with van der Waals surface area (Å²) in [6.07, 6.45) is 3.60. The fourth-order valence-electron chi connectivity index (χ4n) is 2.13. The molecule has 0 spiro atoms. The van der Waals surface area contributed by atoms with E-state index in [1.54, 1.807) is 0 Å². The van der Waals surface area contributed by atoms with E-state index in [-0.39, 0.29) is 30.3 Å². The molecule has 3 nitrogen and oxygen atoms in total. The van der Waals surface area contributed by atoms with Gasteiger partial charge < -0.3 is 9.84 Å². The van der Waals surface area contributed by atoms with Gasteiger partial charge in [0.2, 0.25) is 0 Å². The third kappa shape index (κ3) is 1.00. The first kappa shape index (κ1) is 8.91. The van der Waals surface area contributed by atoms with E-state index in [2.05, 4.69) is 0 Å². The largest absolute Gasteiger partial charge is 0.393 e. The van der Waals surface area contributed by atoms with E-state index in [9.17, 15) is 9.90 Å². The van der Waals surface area contributed by atoms with Gasteiger partial charge in [0.15, 0.2) is 0 Å². The van der Waals surface area contributed by atoms with E-state index < -0.39 is 5.60 Å². The summed E-state index contributed by atoms with van der Waals surface area (Å²) in [6, 6.07) is 0. The molecule has 72 valence electrons. The number of Topliss-reactive ketones (excluding diaryl/α,β-unsaturated/α-hetero) is 1. The molecule has 13 heavy (non-hydrogen) atoms. The maximum Gasteiger partial charge on any atom is 0.144 e. The number of carbonyl (C=O) groups excluding carboxylic acids is 1. The molecule has 4 atom stereocenters. The number of rotatable bonds is 1. The molecular formula is C10H14O3. The molecule has 1 N–H and O–H groups in total. The zero-order valence-electron chi connectivity index (χ0n) is 7.86. The summed E-state index contributed by atoms with van der Waals surface area (Å²) in [5, 5.41) is 9.21. The summed E-state index contributed by atoms with van der Waals surface area (Å²) in [5.74, 6) is -0.119. The highest BCUT2D eigenvalue weighted by Gasteiger charge is 2.51. The molecular weight excluding hydrogens is 168 g/mol. The maximum atomic E-state index is 11.7.